The Hall–Kier alpha value is -0.340. The van der Waals surface area contributed by atoms with E-state index in [1.807, 2.05) is 0 Å². The van der Waals surface area contributed by atoms with Crippen LogP contribution < -0.4 is 0 Å². The van der Waals surface area contributed by atoms with Crippen LogP contribution in [-0.2, 0) is 0 Å². The van der Waals surface area contributed by atoms with Crippen LogP contribution in [0, 0.1) is 16.7 Å². The van der Waals surface area contributed by atoms with Crippen LogP contribution >= 0.6 is 0 Å². The Balaban J connectivity index is 2.47. The molecule has 3 atom stereocenters. The maximum absolute atomic E-state index is 10.3. The van der Waals surface area contributed by atoms with E-state index in [1.54, 1.807) is 0 Å². The van der Waals surface area contributed by atoms with Crippen molar-refractivity contribution in [3.63, 3.8) is 0 Å². The fourth-order valence-corrected chi connectivity index (χ4v) is 3.29. The van der Waals surface area contributed by atoms with E-state index in [1.165, 1.54) is 0 Å². The monoisotopic (exact) mass is 196 g/mol. The van der Waals surface area contributed by atoms with E-state index in [2.05, 4.69) is 26.8 Å². The third-order valence-corrected chi connectivity index (χ3v) is 4.54. The molecule has 2 nitrogen and oxygen atoms in total. The molecule has 80 valence electrons. The molecule has 0 radical (unpaired) electrons. The van der Waals surface area contributed by atoms with E-state index in [0.717, 1.165) is 18.4 Å². The molecule has 14 heavy (non-hydrogen) atoms. The lowest BCUT2D eigenvalue weighted by molar-refractivity contribution is -0.104. The number of allylic oxidation sites excluding steroid dienone is 1. The first-order valence-electron chi connectivity index (χ1n) is 5.43. The average Bonchev–Trinajstić information content (AvgIpc) is 2.14. The van der Waals surface area contributed by atoms with Gasteiger partial charge in [-0.3, -0.25) is 0 Å². The average molecular weight is 196 g/mol. The summed E-state index contributed by atoms with van der Waals surface area (Å²) in [6.07, 6.45) is 4.02. The molecule has 3 aliphatic rings. The Morgan fingerprint density at radius 2 is 2.07 bits per heavy atom. The first-order chi connectivity index (χ1) is 6.43. The molecule has 2 bridgehead atoms. The fourth-order valence-electron chi connectivity index (χ4n) is 3.29. The molecule has 0 saturated heterocycles. The molecular weight excluding hydrogens is 176 g/mol. The van der Waals surface area contributed by atoms with E-state index in [9.17, 15) is 10.2 Å². The molecule has 0 spiro atoms. The van der Waals surface area contributed by atoms with Crippen LogP contribution in [0.3, 0.4) is 0 Å². The summed E-state index contributed by atoms with van der Waals surface area (Å²) in [6.45, 7) is 6.44. The molecule has 2 heteroatoms. The summed E-state index contributed by atoms with van der Waals surface area (Å²) >= 11 is 0. The van der Waals surface area contributed by atoms with Crippen LogP contribution in [0.15, 0.2) is 11.6 Å². The third-order valence-electron chi connectivity index (χ3n) is 4.54. The second-order valence-corrected chi connectivity index (χ2v) is 5.64. The number of aliphatic hydroxyl groups is 2. The van der Waals surface area contributed by atoms with Gasteiger partial charge in [0.2, 0.25) is 0 Å². The predicted octanol–water partition coefficient (Wildman–Crippen LogP) is 1.72. The van der Waals surface area contributed by atoms with Crippen molar-refractivity contribution in [2.45, 2.75) is 39.7 Å². The second kappa shape index (κ2) is 2.83. The lowest BCUT2D eigenvalue weighted by Gasteiger charge is -2.56. The molecule has 3 rings (SSSR count). The molecule has 1 fully saturated rings. The van der Waals surface area contributed by atoms with Crippen LogP contribution in [0.25, 0.3) is 0 Å². The minimum atomic E-state index is -0.319. The molecule has 0 aromatic rings. The van der Waals surface area contributed by atoms with Crippen molar-refractivity contribution in [2.75, 3.05) is 6.61 Å². The first kappa shape index (κ1) is 10.2. The largest absolute Gasteiger partial charge is 0.392 e. The predicted molar refractivity (Wildman–Crippen MR) is 55.8 cm³/mol. The Morgan fingerprint density at radius 3 is 2.64 bits per heavy atom. The Bertz CT molecular complexity index is 280. The lowest BCUT2D eigenvalue weighted by Crippen LogP contribution is -2.55. The molecule has 0 heterocycles. The summed E-state index contributed by atoms with van der Waals surface area (Å²) in [5.74, 6) is 0.432. The molecule has 1 unspecified atom stereocenters. The summed E-state index contributed by atoms with van der Waals surface area (Å²) in [6, 6.07) is 0. The van der Waals surface area contributed by atoms with Crippen molar-refractivity contribution >= 4 is 0 Å². The Kier molecular flexibility index (Phi) is 2.06. The standard InChI is InChI=1S/C12H20O2/c1-11(2)8-4-5-12(3,10(11)14)9(6-8)7-13/h6,8,10,13-14H,4-5,7H2,1-3H3/t8-,10?,12+/m1/s1. The topological polar surface area (TPSA) is 40.5 Å². The highest BCUT2D eigenvalue weighted by molar-refractivity contribution is 5.28. The van der Waals surface area contributed by atoms with E-state index >= 15 is 0 Å². The van der Waals surface area contributed by atoms with E-state index < -0.39 is 0 Å². The minimum Gasteiger partial charge on any atom is -0.392 e. The summed E-state index contributed by atoms with van der Waals surface area (Å²) in [7, 11) is 0. The SMILES string of the molecule is CC1(C)C(O)[C@@]2(C)CC[C@@H]1C=C2CO. The molecule has 0 aromatic heterocycles. The van der Waals surface area contributed by atoms with Gasteiger partial charge in [0.15, 0.2) is 0 Å². The number of aliphatic hydroxyl groups excluding tert-OH is 2. The van der Waals surface area contributed by atoms with Gasteiger partial charge in [0.1, 0.15) is 0 Å². The van der Waals surface area contributed by atoms with Gasteiger partial charge in [0.05, 0.1) is 12.7 Å². The zero-order valence-electron chi connectivity index (χ0n) is 9.25. The highest BCUT2D eigenvalue weighted by Gasteiger charge is 2.54. The van der Waals surface area contributed by atoms with Crippen LogP contribution in [-0.4, -0.2) is 22.9 Å². The van der Waals surface area contributed by atoms with Crippen LogP contribution in [0.2, 0.25) is 0 Å². The van der Waals surface area contributed by atoms with Gasteiger partial charge in [-0.2, -0.15) is 0 Å². The van der Waals surface area contributed by atoms with Gasteiger partial charge < -0.3 is 10.2 Å². The maximum atomic E-state index is 10.3. The van der Waals surface area contributed by atoms with Gasteiger partial charge in [0.25, 0.3) is 0 Å². The second-order valence-electron chi connectivity index (χ2n) is 5.64. The summed E-state index contributed by atoms with van der Waals surface area (Å²) in [5.41, 5.74) is 0.819. The van der Waals surface area contributed by atoms with Gasteiger partial charge in [-0.25, -0.2) is 0 Å². The quantitative estimate of drug-likeness (QED) is 0.627. The zero-order valence-corrected chi connectivity index (χ0v) is 9.25. The number of fused-ring (bicyclic) bond motifs is 2. The van der Waals surface area contributed by atoms with Crippen molar-refractivity contribution in [1.82, 2.24) is 0 Å². The van der Waals surface area contributed by atoms with Crippen molar-refractivity contribution in [3.8, 4) is 0 Å². The summed E-state index contributed by atoms with van der Waals surface area (Å²) < 4.78 is 0. The summed E-state index contributed by atoms with van der Waals surface area (Å²) in [5, 5.41) is 19.6. The fraction of sp³-hybridized carbons (Fsp3) is 0.833. The van der Waals surface area contributed by atoms with Crippen molar-refractivity contribution in [3.05, 3.63) is 11.6 Å². The van der Waals surface area contributed by atoms with Gasteiger partial charge >= 0.3 is 0 Å². The van der Waals surface area contributed by atoms with Gasteiger partial charge in [-0.1, -0.05) is 26.8 Å². The van der Waals surface area contributed by atoms with Crippen molar-refractivity contribution in [2.24, 2.45) is 16.7 Å². The Labute approximate surface area is 85.6 Å². The van der Waals surface area contributed by atoms with Crippen molar-refractivity contribution < 1.29 is 10.2 Å². The molecule has 0 amide bonds. The van der Waals surface area contributed by atoms with Crippen LogP contribution in [0.5, 0.6) is 0 Å². The van der Waals surface area contributed by atoms with Crippen molar-refractivity contribution in [1.29, 1.82) is 0 Å². The maximum Gasteiger partial charge on any atom is 0.0688 e. The molecule has 0 aliphatic heterocycles. The normalized spacial score (nSPS) is 45.1. The van der Waals surface area contributed by atoms with Crippen LogP contribution in [0.4, 0.5) is 0 Å². The Morgan fingerprint density at radius 1 is 1.43 bits per heavy atom. The van der Waals surface area contributed by atoms with E-state index in [4.69, 9.17) is 0 Å². The zero-order chi connectivity index (χ0) is 10.6. The number of hydrogen-bond acceptors (Lipinski definition) is 2. The van der Waals surface area contributed by atoms with Gasteiger partial charge in [0, 0.05) is 5.41 Å². The summed E-state index contributed by atoms with van der Waals surface area (Å²) in [4.78, 5) is 0. The first-order valence-corrected chi connectivity index (χ1v) is 5.43. The minimum absolute atomic E-state index is 0.0360. The van der Waals surface area contributed by atoms with Gasteiger partial charge in [-0.15, -0.1) is 0 Å². The molecular formula is C12H20O2. The highest BCUT2D eigenvalue weighted by atomic mass is 16.3. The number of rotatable bonds is 1. The van der Waals surface area contributed by atoms with Crippen LogP contribution in [0.1, 0.15) is 33.6 Å². The molecule has 2 N–H and O–H groups in total. The van der Waals surface area contributed by atoms with E-state index in [-0.39, 0.29) is 23.5 Å². The molecule has 0 aromatic carbocycles. The van der Waals surface area contributed by atoms with E-state index in [0.29, 0.717) is 5.92 Å². The van der Waals surface area contributed by atoms with Gasteiger partial charge in [-0.05, 0) is 29.7 Å². The lowest BCUT2D eigenvalue weighted by atomic mass is 9.50. The smallest absolute Gasteiger partial charge is 0.0688 e. The third kappa shape index (κ3) is 1.04. The highest BCUT2D eigenvalue weighted by Crippen LogP contribution is 2.57. The number of hydrogen-bond donors (Lipinski definition) is 2. The molecule has 3 aliphatic carbocycles. The molecule has 1 saturated carbocycles.